The second kappa shape index (κ2) is 10.00. The summed E-state index contributed by atoms with van der Waals surface area (Å²) in [5, 5.41) is 3.42. The average molecular weight is 288 g/mol. The Morgan fingerprint density at radius 3 is 2.45 bits per heavy atom. The van der Waals surface area contributed by atoms with Crippen LogP contribution in [0.3, 0.4) is 0 Å². The van der Waals surface area contributed by atoms with Gasteiger partial charge in [-0.05, 0) is 34.1 Å². The summed E-state index contributed by atoms with van der Waals surface area (Å²) in [4.78, 5) is 13.8. The molecular formula is C15H32N2O3. The molecule has 1 unspecified atom stereocenters. The van der Waals surface area contributed by atoms with Crippen LogP contribution >= 0.6 is 0 Å². The van der Waals surface area contributed by atoms with Crippen molar-refractivity contribution in [3.8, 4) is 0 Å². The molecule has 0 aromatic heterocycles. The van der Waals surface area contributed by atoms with Crippen molar-refractivity contribution < 1.29 is 14.3 Å². The topological polar surface area (TPSA) is 50.8 Å². The second-order valence-corrected chi connectivity index (χ2v) is 6.10. The zero-order valence-electron chi connectivity index (χ0n) is 14.0. The highest BCUT2D eigenvalue weighted by atomic mass is 16.6. The number of rotatable bonds is 9. The summed E-state index contributed by atoms with van der Waals surface area (Å²) < 4.78 is 10.5. The lowest BCUT2D eigenvalue weighted by Gasteiger charge is -2.27. The third-order valence-corrected chi connectivity index (χ3v) is 2.81. The van der Waals surface area contributed by atoms with Crippen LogP contribution in [0.5, 0.6) is 0 Å². The highest BCUT2D eigenvalue weighted by Gasteiger charge is 2.21. The standard InChI is InChI=1S/C15H32N2O3/c1-7-8-13(2)16-9-10-17(11-12-19-6)14(18)20-15(3,4)5/h13,16H,7-12H2,1-6H3. The van der Waals surface area contributed by atoms with E-state index in [1.807, 2.05) is 20.8 Å². The number of hydrogen-bond acceptors (Lipinski definition) is 4. The summed E-state index contributed by atoms with van der Waals surface area (Å²) in [7, 11) is 1.63. The van der Waals surface area contributed by atoms with Crippen LogP contribution < -0.4 is 5.32 Å². The third-order valence-electron chi connectivity index (χ3n) is 2.81. The van der Waals surface area contributed by atoms with Gasteiger partial charge in [-0.2, -0.15) is 0 Å². The van der Waals surface area contributed by atoms with E-state index in [1.165, 1.54) is 0 Å². The summed E-state index contributed by atoms with van der Waals surface area (Å²) >= 11 is 0. The lowest BCUT2D eigenvalue weighted by Crippen LogP contribution is -2.43. The first-order valence-corrected chi connectivity index (χ1v) is 7.50. The molecule has 0 heterocycles. The SMILES string of the molecule is CCCC(C)NCCN(CCOC)C(=O)OC(C)(C)C. The molecule has 1 atom stereocenters. The molecule has 0 saturated heterocycles. The number of methoxy groups -OCH3 is 1. The van der Waals surface area contributed by atoms with Crippen LogP contribution in [0.1, 0.15) is 47.5 Å². The number of nitrogens with zero attached hydrogens (tertiary/aromatic N) is 1. The molecule has 0 aromatic rings. The summed E-state index contributed by atoms with van der Waals surface area (Å²) in [5.41, 5.74) is -0.467. The minimum absolute atomic E-state index is 0.278. The molecule has 1 N–H and O–H groups in total. The number of nitrogens with one attached hydrogen (secondary N) is 1. The van der Waals surface area contributed by atoms with Crippen molar-refractivity contribution in [2.45, 2.75) is 59.1 Å². The zero-order valence-corrected chi connectivity index (χ0v) is 14.0. The van der Waals surface area contributed by atoms with Crippen LogP contribution in [0.25, 0.3) is 0 Å². The number of hydrogen-bond donors (Lipinski definition) is 1. The minimum Gasteiger partial charge on any atom is -0.444 e. The van der Waals surface area contributed by atoms with Gasteiger partial charge in [-0.25, -0.2) is 4.79 Å². The summed E-state index contributed by atoms with van der Waals surface area (Å²) in [6.45, 7) is 12.4. The average Bonchev–Trinajstić information content (AvgIpc) is 2.31. The Hall–Kier alpha value is -0.810. The molecular weight excluding hydrogens is 256 g/mol. The minimum atomic E-state index is -0.467. The predicted molar refractivity (Wildman–Crippen MR) is 82.1 cm³/mol. The molecule has 5 nitrogen and oxygen atoms in total. The number of amides is 1. The Labute approximate surface area is 124 Å². The van der Waals surface area contributed by atoms with E-state index in [0.717, 1.165) is 19.4 Å². The van der Waals surface area contributed by atoms with Crippen molar-refractivity contribution in [2.75, 3.05) is 33.4 Å². The van der Waals surface area contributed by atoms with Crippen LogP contribution in [-0.2, 0) is 9.47 Å². The van der Waals surface area contributed by atoms with Crippen LogP contribution in [0.2, 0.25) is 0 Å². The highest BCUT2D eigenvalue weighted by Crippen LogP contribution is 2.09. The van der Waals surface area contributed by atoms with Gasteiger partial charge in [0.1, 0.15) is 5.60 Å². The fraction of sp³-hybridized carbons (Fsp3) is 0.933. The van der Waals surface area contributed by atoms with Gasteiger partial charge in [0.05, 0.1) is 6.61 Å². The first-order valence-electron chi connectivity index (χ1n) is 7.50. The number of carbonyl (C=O) groups is 1. The predicted octanol–water partition coefficient (Wildman–Crippen LogP) is 2.65. The van der Waals surface area contributed by atoms with Crippen molar-refractivity contribution in [2.24, 2.45) is 0 Å². The van der Waals surface area contributed by atoms with Crippen molar-refractivity contribution in [3.05, 3.63) is 0 Å². The van der Waals surface area contributed by atoms with Gasteiger partial charge in [0.25, 0.3) is 0 Å². The van der Waals surface area contributed by atoms with Gasteiger partial charge in [-0.3, -0.25) is 0 Å². The van der Waals surface area contributed by atoms with Gasteiger partial charge < -0.3 is 19.7 Å². The molecule has 0 radical (unpaired) electrons. The van der Waals surface area contributed by atoms with Crippen LogP contribution in [0, 0.1) is 0 Å². The van der Waals surface area contributed by atoms with Crippen LogP contribution in [0.15, 0.2) is 0 Å². The molecule has 0 fully saturated rings. The monoisotopic (exact) mass is 288 g/mol. The van der Waals surface area contributed by atoms with E-state index in [1.54, 1.807) is 12.0 Å². The fourth-order valence-corrected chi connectivity index (χ4v) is 1.80. The highest BCUT2D eigenvalue weighted by molar-refractivity contribution is 5.68. The van der Waals surface area contributed by atoms with E-state index in [-0.39, 0.29) is 6.09 Å². The molecule has 0 bridgehead atoms. The first-order chi connectivity index (χ1) is 9.30. The molecule has 0 aromatic carbocycles. The Kier molecular flexibility index (Phi) is 9.59. The van der Waals surface area contributed by atoms with E-state index in [2.05, 4.69) is 19.2 Å². The smallest absolute Gasteiger partial charge is 0.410 e. The van der Waals surface area contributed by atoms with Gasteiger partial charge >= 0.3 is 6.09 Å². The first kappa shape index (κ1) is 19.2. The maximum atomic E-state index is 12.1. The van der Waals surface area contributed by atoms with E-state index in [4.69, 9.17) is 9.47 Å². The van der Waals surface area contributed by atoms with Crippen molar-refractivity contribution in [1.29, 1.82) is 0 Å². The molecule has 1 amide bonds. The maximum Gasteiger partial charge on any atom is 0.410 e. The molecule has 0 aliphatic carbocycles. The second-order valence-electron chi connectivity index (χ2n) is 6.10. The van der Waals surface area contributed by atoms with Crippen molar-refractivity contribution in [3.63, 3.8) is 0 Å². The molecule has 0 aliphatic heterocycles. The molecule has 120 valence electrons. The summed E-state index contributed by atoms with van der Waals surface area (Å²) in [6, 6.07) is 0.475. The van der Waals surface area contributed by atoms with Crippen molar-refractivity contribution >= 4 is 6.09 Å². The molecule has 0 spiro atoms. The van der Waals surface area contributed by atoms with E-state index in [9.17, 15) is 4.79 Å². The van der Waals surface area contributed by atoms with E-state index in [0.29, 0.717) is 25.7 Å². The van der Waals surface area contributed by atoms with Gasteiger partial charge in [-0.15, -0.1) is 0 Å². The fourth-order valence-electron chi connectivity index (χ4n) is 1.80. The quantitative estimate of drug-likeness (QED) is 0.708. The van der Waals surface area contributed by atoms with Gasteiger partial charge in [0.2, 0.25) is 0 Å². The van der Waals surface area contributed by atoms with Crippen molar-refractivity contribution in [1.82, 2.24) is 10.2 Å². The zero-order chi connectivity index (χ0) is 15.6. The summed E-state index contributed by atoms with van der Waals surface area (Å²) in [5.74, 6) is 0. The Balaban J connectivity index is 4.23. The number of ether oxygens (including phenoxy) is 2. The normalized spacial score (nSPS) is 13.1. The Bertz CT molecular complexity index is 264. The Morgan fingerprint density at radius 1 is 1.30 bits per heavy atom. The molecule has 20 heavy (non-hydrogen) atoms. The molecule has 0 saturated carbocycles. The van der Waals surface area contributed by atoms with Crippen LogP contribution in [-0.4, -0.2) is 56.0 Å². The molecule has 0 rings (SSSR count). The van der Waals surface area contributed by atoms with E-state index >= 15 is 0 Å². The Morgan fingerprint density at radius 2 is 1.95 bits per heavy atom. The molecule has 5 heteroatoms. The lowest BCUT2D eigenvalue weighted by molar-refractivity contribution is 0.0203. The van der Waals surface area contributed by atoms with Crippen LogP contribution in [0.4, 0.5) is 4.79 Å². The number of carbonyl (C=O) groups excluding carboxylic acids is 1. The van der Waals surface area contributed by atoms with Gasteiger partial charge in [0.15, 0.2) is 0 Å². The van der Waals surface area contributed by atoms with E-state index < -0.39 is 5.60 Å². The maximum absolute atomic E-state index is 12.1. The third kappa shape index (κ3) is 10.0. The largest absolute Gasteiger partial charge is 0.444 e. The van der Waals surface area contributed by atoms with Gasteiger partial charge in [-0.1, -0.05) is 13.3 Å². The molecule has 0 aliphatic rings. The summed E-state index contributed by atoms with van der Waals surface area (Å²) in [6.07, 6.45) is 2.03. The van der Waals surface area contributed by atoms with Gasteiger partial charge in [0, 0.05) is 32.8 Å². The lowest BCUT2D eigenvalue weighted by atomic mass is 10.2.